The first-order valence-electron chi connectivity index (χ1n) is 10.6. The summed E-state index contributed by atoms with van der Waals surface area (Å²) >= 11 is 1.40. The zero-order chi connectivity index (χ0) is 21.4. The van der Waals surface area contributed by atoms with Crippen LogP contribution >= 0.6 is 11.3 Å². The topological polar surface area (TPSA) is 51.2 Å². The van der Waals surface area contributed by atoms with Gasteiger partial charge >= 0.3 is 0 Å². The van der Waals surface area contributed by atoms with Crippen molar-refractivity contribution in [1.29, 1.82) is 0 Å². The van der Waals surface area contributed by atoms with E-state index in [4.69, 9.17) is 4.74 Å². The van der Waals surface area contributed by atoms with Crippen LogP contribution in [0.15, 0.2) is 48.7 Å². The number of carbonyl (C=O) groups excluding carboxylic acids is 1. The van der Waals surface area contributed by atoms with Crippen molar-refractivity contribution in [2.75, 3.05) is 13.2 Å². The molecule has 6 heteroatoms. The summed E-state index contributed by atoms with van der Waals surface area (Å²) in [5.41, 5.74) is 3.77. The lowest BCUT2D eigenvalue weighted by Crippen LogP contribution is -2.31. The van der Waals surface area contributed by atoms with E-state index in [0.717, 1.165) is 52.5 Å². The lowest BCUT2D eigenvalue weighted by Gasteiger charge is -2.11. The molecule has 1 saturated heterocycles. The van der Waals surface area contributed by atoms with Crippen LogP contribution in [0.1, 0.15) is 35.0 Å². The summed E-state index contributed by atoms with van der Waals surface area (Å²) in [5.74, 6) is -0.441. The van der Waals surface area contributed by atoms with Crippen molar-refractivity contribution < 1.29 is 13.9 Å². The quantitative estimate of drug-likeness (QED) is 0.437. The summed E-state index contributed by atoms with van der Waals surface area (Å²) < 4.78 is 20.5. The summed E-state index contributed by atoms with van der Waals surface area (Å²) in [7, 11) is 0. The standard InChI is InChI=1S/C25H23FN2O2S/c1-2-15-5-7-16(8-6-15)22-20-14-27-21-10-9-17(26)12-19(21)23(20)31-24(22)25(29)28-13-18-4-3-11-30-18/h5-10,12,14,18H,2-4,11,13H2,1H3,(H,28,29)/t18-/m0/s1. The molecular formula is C25H23FN2O2S. The number of pyridine rings is 1. The molecule has 158 valence electrons. The molecule has 2 aromatic carbocycles. The number of fused-ring (bicyclic) bond motifs is 3. The van der Waals surface area contributed by atoms with Crippen LogP contribution in [0.25, 0.3) is 32.1 Å². The van der Waals surface area contributed by atoms with E-state index in [-0.39, 0.29) is 17.8 Å². The van der Waals surface area contributed by atoms with Gasteiger partial charge in [-0.15, -0.1) is 11.3 Å². The van der Waals surface area contributed by atoms with Crippen molar-refractivity contribution in [3.8, 4) is 11.1 Å². The Morgan fingerprint density at radius 3 is 2.81 bits per heavy atom. The summed E-state index contributed by atoms with van der Waals surface area (Å²) in [5, 5.41) is 4.64. The van der Waals surface area contributed by atoms with E-state index in [1.807, 2.05) is 12.1 Å². The minimum atomic E-state index is -0.312. The van der Waals surface area contributed by atoms with Crippen LogP contribution in [0.3, 0.4) is 0 Å². The SMILES string of the molecule is CCc1ccc(-c2c(C(=O)NC[C@@H]3CCCO3)sc3c2cnc2ccc(F)cc23)cc1. The average Bonchev–Trinajstić information content (AvgIpc) is 3.45. The van der Waals surface area contributed by atoms with Crippen LogP contribution in [0.5, 0.6) is 0 Å². The number of amides is 1. The highest BCUT2D eigenvalue weighted by atomic mass is 32.1. The fourth-order valence-electron chi connectivity index (χ4n) is 4.15. The van der Waals surface area contributed by atoms with E-state index >= 15 is 0 Å². The molecule has 1 aliphatic heterocycles. The summed E-state index contributed by atoms with van der Waals surface area (Å²) in [6, 6.07) is 12.9. The van der Waals surface area contributed by atoms with Crippen molar-refractivity contribution >= 4 is 38.2 Å². The molecule has 1 N–H and O–H groups in total. The van der Waals surface area contributed by atoms with Gasteiger partial charge in [0.05, 0.1) is 11.6 Å². The molecule has 1 aliphatic rings. The van der Waals surface area contributed by atoms with Crippen LogP contribution < -0.4 is 5.32 Å². The molecule has 0 spiro atoms. The highest BCUT2D eigenvalue weighted by molar-refractivity contribution is 7.22. The Hall–Kier alpha value is -2.83. The van der Waals surface area contributed by atoms with Crippen molar-refractivity contribution in [2.24, 2.45) is 0 Å². The van der Waals surface area contributed by atoms with Crippen molar-refractivity contribution in [3.63, 3.8) is 0 Å². The number of nitrogens with zero attached hydrogens (tertiary/aromatic N) is 1. The minimum Gasteiger partial charge on any atom is -0.376 e. The summed E-state index contributed by atoms with van der Waals surface area (Å²) in [6.45, 7) is 3.36. The fraction of sp³-hybridized carbons (Fsp3) is 0.280. The zero-order valence-electron chi connectivity index (χ0n) is 17.3. The Balaban J connectivity index is 1.64. The maximum absolute atomic E-state index is 14.0. The molecule has 3 heterocycles. The molecule has 0 aliphatic carbocycles. The Bertz CT molecular complexity index is 1260. The van der Waals surface area contributed by atoms with Crippen LogP contribution in [0.2, 0.25) is 0 Å². The molecule has 0 radical (unpaired) electrons. The largest absolute Gasteiger partial charge is 0.376 e. The number of hydrogen-bond acceptors (Lipinski definition) is 4. The molecule has 0 saturated carbocycles. The summed E-state index contributed by atoms with van der Waals surface area (Å²) in [6.07, 6.45) is 4.81. The molecule has 0 unspecified atom stereocenters. The van der Waals surface area contributed by atoms with Gasteiger partial charge in [0.2, 0.25) is 0 Å². The normalized spacial score (nSPS) is 16.3. The van der Waals surface area contributed by atoms with Gasteiger partial charge in [0.25, 0.3) is 5.91 Å². The molecule has 2 aromatic heterocycles. The molecule has 1 amide bonds. The van der Waals surface area contributed by atoms with E-state index in [2.05, 4.69) is 29.4 Å². The van der Waals surface area contributed by atoms with Gasteiger partial charge in [-0.05, 0) is 48.6 Å². The first-order chi connectivity index (χ1) is 15.1. The number of ether oxygens (including phenoxy) is 1. The van der Waals surface area contributed by atoms with Crippen LogP contribution in [-0.2, 0) is 11.2 Å². The predicted molar refractivity (Wildman–Crippen MR) is 123 cm³/mol. The molecule has 4 nitrogen and oxygen atoms in total. The monoisotopic (exact) mass is 434 g/mol. The molecule has 1 atom stereocenters. The molecular weight excluding hydrogens is 411 g/mol. The fourth-order valence-corrected chi connectivity index (χ4v) is 5.39. The van der Waals surface area contributed by atoms with Gasteiger partial charge in [0.1, 0.15) is 10.7 Å². The second-order valence-corrected chi connectivity index (χ2v) is 8.88. The predicted octanol–water partition coefficient (Wildman–Crippen LogP) is 5.73. The van der Waals surface area contributed by atoms with Gasteiger partial charge in [-0.25, -0.2) is 4.39 Å². The number of hydrogen-bond donors (Lipinski definition) is 1. The Morgan fingerprint density at radius 2 is 2.06 bits per heavy atom. The van der Waals surface area contributed by atoms with E-state index in [1.165, 1.54) is 29.0 Å². The molecule has 0 bridgehead atoms. The molecule has 5 rings (SSSR count). The van der Waals surface area contributed by atoms with E-state index in [0.29, 0.717) is 16.9 Å². The number of thiophene rings is 1. The van der Waals surface area contributed by atoms with Gasteiger partial charge in [0.15, 0.2) is 0 Å². The first-order valence-corrected chi connectivity index (χ1v) is 11.5. The zero-order valence-corrected chi connectivity index (χ0v) is 18.1. The van der Waals surface area contributed by atoms with Crippen LogP contribution in [-0.4, -0.2) is 30.1 Å². The Kier molecular flexibility index (Phi) is 5.42. The second-order valence-electron chi connectivity index (χ2n) is 7.86. The van der Waals surface area contributed by atoms with Crippen molar-refractivity contribution in [2.45, 2.75) is 32.3 Å². The number of aromatic nitrogens is 1. The maximum atomic E-state index is 14.0. The minimum absolute atomic E-state index is 0.0715. The third-order valence-corrected chi connectivity index (χ3v) is 7.09. The Labute approximate surface area is 184 Å². The molecule has 4 aromatic rings. The van der Waals surface area contributed by atoms with E-state index < -0.39 is 0 Å². The van der Waals surface area contributed by atoms with Gasteiger partial charge in [0, 0.05) is 40.4 Å². The lowest BCUT2D eigenvalue weighted by atomic mass is 9.99. The number of aryl methyl sites for hydroxylation is 1. The number of rotatable bonds is 5. The van der Waals surface area contributed by atoms with Crippen molar-refractivity contribution in [1.82, 2.24) is 10.3 Å². The summed E-state index contributed by atoms with van der Waals surface area (Å²) in [4.78, 5) is 18.4. The number of benzene rings is 2. The van der Waals surface area contributed by atoms with Crippen LogP contribution in [0, 0.1) is 5.82 Å². The van der Waals surface area contributed by atoms with Crippen molar-refractivity contribution in [3.05, 3.63) is 64.9 Å². The molecule has 1 fully saturated rings. The number of carbonyl (C=O) groups is 1. The van der Waals surface area contributed by atoms with Gasteiger partial charge in [-0.1, -0.05) is 31.2 Å². The third kappa shape index (κ3) is 3.82. The highest BCUT2D eigenvalue weighted by Gasteiger charge is 2.23. The number of halogens is 1. The van der Waals surface area contributed by atoms with Gasteiger partial charge in [-0.3, -0.25) is 9.78 Å². The smallest absolute Gasteiger partial charge is 0.262 e. The maximum Gasteiger partial charge on any atom is 0.262 e. The second kappa shape index (κ2) is 8.36. The Morgan fingerprint density at radius 1 is 1.23 bits per heavy atom. The van der Waals surface area contributed by atoms with Crippen LogP contribution in [0.4, 0.5) is 4.39 Å². The highest BCUT2D eigenvalue weighted by Crippen LogP contribution is 2.41. The third-order valence-electron chi connectivity index (χ3n) is 5.85. The lowest BCUT2D eigenvalue weighted by molar-refractivity contribution is 0.0861. The molecule has 31 heavy (non-hydrogen) atoms. The van der Waals surface area contributed by atoms with Gasteiger partial charge in [-0.2, -0.15) is 0 Å². The van der Waals surface area contributed by atoms with Gasteiger partial charge < -0.3 is 10.1 Å². The number of nitrogens with one attached hydrogen (secondary N) is 1. The average molecular weight is 435 g/mol. The first kappa shape index (κ1) is 20.1. The van der Waals surface area contributed by atoms with E-state index in [1.54, 1.807) is 12.3 Å². The van der Waals surface area contributed by atoms with E-state index in [9.17, 15) is 9.18 Å².